The lowest BCUT2D eigenvalue weighted by Crippen LogP contribution is -2.27. The van der Waals surface area contributed by atoms with Crippen LogP contribution in [-0.2, 0) is 5.60 Å². The maximum absolute atomic E-state index is 10.8. The van der Waals surface area contributed by atoms with E-state index in [-0.39, 0.29) is 6.42 Å². The molecule has 0 aromatic heterocycles. The summed E-state index contributed by atoms with van der Waals surface area (Å²) in [5, 5.41) is 11.2. The molecule has 17 heavy (non-hydrogen) atoms. The fourth-order valence-corrected chi connectivity index (χ4v) is 2.16. The Morgan fingerprint density at radius 3 is 2.65 bits per heavy atom. The second-order valence-electron chi connectivity index (χ2n) is 3.73. The van der Waals surface area contributed by atoms with Crippen LogP contribution in [0.1, 0.15) is 25.3 Å². The Bertz CT molecular complexity index is 492. The van der Waals surface area contributed by atoms with Gasteiger partial charge in [0.15, 0.2) is 0 Å². The third-order valence-electron chi connectivity index (χ3n) is 2.74. The van der Waals surface area contributed by atoms with Crippen molar-refractivity contribution in [2.45, 2.75) is 25.4 Å². The molecular weight excluding hydrogens is 232 g/mol. The molecule has 0 saturated heterocycles. The molecular formula is C15H15ClO. The molecule has 0 saturated carbocycles. The molecule has 0 aliphatic heterocycles. The molecule has 0 radical (unpaired) electrons. The fourth-order valence-electron chi connectivity index (χ4n) is 1.87. The first-order chi connectivity index (χ1) is 8.10. The highest BCUT2D eigenvalue weighted by molar-refractivity contribution is 6.31. The number of benzene rings is 1. The molecule has 1 atom stereocenters. The van der Waals surface area contributed by atoms with Crippen molar-refractivity contribution >= 4 is 11.6 Å². The van der Waals surface area contributed by atoms with Gasteiger partial charge < -0.3 is 5.11 Å². The second kappa shape index (κ2) is 5.75. The van der Waals surface area contributed by atoms with Gasteiger partial charge in [0.25, 0.3) is 0 Å². The van der Waals surface area contributed by atoms with Gasteiger partial charge in [-0.05, 0) is 12.5 Å². The molecule has 0 heterocycles. The van der Waals surface area contributed by atoms with Gasteiger partial charge in [0.1, 0.15) is 5.60 Å². The third-order valence-corrected chi connectivity index (χ3v) is 3.07. The van der Waals surface area contributed by atoms with Crippen LogP contribution in [0.2, 0.25) is 5.02 Å². The van der Waals surface area contributed by atoms with Crippen molar-refractivity contribution in [3.63, 3.8) is 0 Å². The SMILES string of the molecule is C#CCC(O)(C(=C=C)CC)c1ccccc1Cl. The summed E-state index contributed by atoms with van der Waals surface area (Å²) in [6.45, 7) is 5.52. The number of hydrogen-bond acceptors (Lipinski definition) is 1. The highest BCUT2D eigenvalue weighted by atomic mass is 35.5. The molecule has 1 N–H and O–H groups in total. The minimum atomic E-state index is -1.27. The van der Waals surface area contributed by atoms with E-state index in [0.717, 1.165) is 0 Å². The topological polar surface area (TPSA) is 20.2 Å². The maximum Gasteiger partial charge on any atom is 0.130 e. The summed E-state index contributed by atoms with van der Waals surface area (Å²) in [5.74, 6) is 2.49. The Balaban J connectivity index is 3.41. The maximum atomic E-state index is 10.8. The van der Waals surface area contributed by atoms with Crippen LogP contribution in [0.5, 0.6) is 0 Å². The Kier molecular flexibility index (Phi) is 4.61. The van der Waals surface area contributed by atoms with Crippen LogP contribution >= 0.6 is 11.6 Å². The van der Waals surface area contributed by atoms with Crippen molar-refractivity contribution in [3.8, 4) is 12.3 Å². The second-order valence-corrected chi connectivity index (χ2v) is 4.14. The lowest BCUT2D eigenvalue weighted by molar-refractivity contribution is 0.0792. The number of hydrogen-bond donors (Lipinski definition) is 1. The van der Waals surface area contributed by atoms with E-state index >= 15 is 0 Å². The van der Waals surface area contributed by atoms with E-state index in [0.29, 0.717) is 22.6 Å². The summed E-state index contributed by atoms with van der Waals surface area (Å²) in [5.41, 5.74) is 2.75. The highest BCUT2D eigenvalue weighted by Crippen LogP contribution is 2.37. The molecule has 1 aromatic carbocycles. The summed E-state index contributed by atoms with van der Waals surface area (Å²) >= 11 is 6.11. The van der Waals surface area contributed by atoms with Crippen molar-refractivity contribution in [2.75, 3.05) is 0 Å². The summed E-state index contributed by atoms with van der Waals surface area (Å²) in [4.78, 5) is 0. The molecule has 1 unspecified atom stereocenters. The predicted molar refractivity (Wildman–Crippen MR) is 71.7 cm³/mol. The molecule has 1 rings (SSSR count). The van der Waals surface area contributed by atoms with E-state index in [1.54, 1.807) is 12.1 Å². The van der Waals surface area contributed by atoms with Crippen LogP contribution in [0, 0.1) is 12.3 Å². The van der Waals surface area contributed by atoms with Crippen molar-refractivity contribution in [1.82, 2.24) is 0 Å². The largest absolute Gasteiger partial charge is 0.379 e. The molecule has 0 aliphatic rings. The molecule has 0 fully saturated rings. The van der Waals surface area contributed by atoms with Gasteiger partial charge in [-0.25, -0.2) is 0 Å². The van der Waals surface area contributed by atoms with Crippen molar-refractivity contribution < 1.29 is 5.11 Å². The molecule has 0 spiro atoms. The van der Waals surface area contributed by atoms with Crippen molar-refractivity contribution in [1.29, 1.82) is 0 Å². The first-order valence-electron chi connectivity index (χ1n) is 5.40. The highest BCUT2D eigenvalue weighted by Gasteiger charge is 2.33. The fraction of sp³-hybridized carbons (Fsp3) is 0.267. The normalized spacial score (nSPS) is 13.3. The van der Waals surface area contributed by atoms with Crippen molar-refractivity contribution in [3.05, 3.63) is 52.7 Å². The van der Waals surface area contributed by atoms with E-state index in [9.17, 15) is 5.11 Å². The molecule has 0 amide bonds. The predicted octanol–water partition coefficient (Wildman–Crippen LogP) is 3.67. The number of terminal acetylenes is 1. The van der Waals surface area contributed by atoms with E-state index in [1.165, 1.54) is 0 Å². The first-order valence-corrected chi connectivity index (χ1v) is 5.78. The summed E-state index contributed by atoms with van der Waals surface area (Å²) in [6.07, 6.45) is 6.11. The van der Waals surface area contributed by atoms with Gasteiger partial charge in [-0.1, -0.05) is 43.3 Å². The summed E-state index contributed by atoms with van der Waals surface area (Å²) < 4.78 is 0. The van der Waals surface area contributed by atoms with Crippen LogP contribution < -0.4 is 0 Å². The molecule has 1 nitrogen and oxygen atoms in total. The first kappa shape index (κ1) is 13.6. The molecule has 0 aliphatic carbocycles. The van der Waals surface area contributed by atoms with Gasteiger partial charge in [0.05, 0.1) is 0 Å². The van der Waals surface area contributed by atoms with Crippen LogP contribution in [0.25, 0.3) is 0 Å². The lowest BCUT2D eigenvalue weighted by atomic mass is 9.82. The minimum absolute atomic E-state index is 0.155. The van der Waals surface area contributed by atoms with E-state index < -0.39 is 5.60 Å². The van der Waals surface area contributed by atoms with Gasteiger partial charge in [-0.15, -0.1) is 18.1 Å². The average molecular weight is 247 g/mol. The lowest BCUT2D eigenvalue weighted by Gasteiger charge is -2.29. The summed E-state index contributed by atoms with van der Waals surface area (Å²) in [7, 11) is 0. The Labute approximate surface area is 107 Å². The molecule has 0 bridgehead atoms. The summed E-state index contributed by atoms with van der Waals surface area (Å²) in [6, 6.07) is 7.13. The van der Waals surface area contributed by atoms with Crippen LogP contribution in [0.15, 0.2) is 42.1 Å². The van der Waals surface area contributed by atoms with Crippen LogP contribution in [0.4, 0.5) is 0 Å². The standard InChI is InChI=1S/C15H15ClO/c1-4-11-15(17,12(5-2)6-3)13-9-7-8-10-14(13)16/h1,7-10,17H,2,6,11H2,3H3. The Morgan fingerprint density at radius 2 is 2.18 bits per heavy atom. The quantitative estimate of drug-likeness (QED) is 0.635. The van der Waals surface area contributed by atoms with Gasteiger partial charge in [0, 0.05) is 22.6 Å². The Morgan fingerprint density at radius 1 is 1.53 bits per heavy atom. The molecule has 1 aromatic rings. The third kappa shape index (κ3) is 2.62. The smallest absolute Gasteiger partial charge is 0.130 e. The molecule has 88 valence electrons. The number of aliphatic hydroxyl groups is 1. The average Bonchev–Trinajstić information content (AvgIpc) is 2.31. The Hall–Kier alpha value is -1.45. The zero-order valence-corrected chi connectivity index (χ0v) is 10.6. The zero-order valence-electron chi connectivity index (χ0n) is 9.83. The van der Waals surface area contributed by atoms with Gasteiger partial charge in [0.2, 0.25) is 0 Å². The van der Waals surface area contributed by atoms with E-state index in [1.807, 2.05) is 19.1 Å². The van der Waals surface area contributed by atoms with Gasteiger partial charge in [-0.3, -0.25) is 0 Å². The monoisotopic (exact) mass is 246 g/mol. The van der Waals surface area contributed by atoms with Gasteiger partial charge >= 0.3 is 0 Å². The van der Waals surface area contributed by atoms with Crippen LogP contribution in [0.3, 0.4) is 0 Å². The van der Waals surface area contributed by atoms with E-state index in [2.05, 4.69) is 18.2 Å². The minimum Gasteiger partial charge on any atom is -0.379 e. The van der Waals surface area contributed by atoms with E-state index in [4.69, 9.17) is 18.0 Å². The molecule has 2 heteroatoms. The number of rotatable bonds is 4. The van der Waals surface area contributed by atoms with Crippen LogP contribution in [-0.4, -0.2) is 5.11 Å². The number of halogens is 1. The van der Waals surface area contributed by atoms with Gasteiger partial charge in [-0.2, -0.15) is 0 Å². The zero-order chi connectivity index (χ0) is 12.9. The van der Waals surface area contributed by atoms with Crippen molar-refractivity contribution in [2.24, 2.45) is 0 Å².